The second kappa shape index (κ2) is 12.2. The topological polar surface area (TPSA) is 91.3 Å². The van der Waals surface area contributed by atoms with Gasteiger partial charge in [0.15, 0.2) is 11.5 Å². The summed E-state index contributed by atoms with van der Waals surface area (Å²) in [5.74, 6) is -0.850. The minimum Gasteiger partial charge on any atom is -0.486 e. The SMILES string of the molecule is CCc1cccc(CC)c1NC(=O)CN1C[C@H](c2ccc3c(c2)OCCO3)C(C(=O)O)[C@@H]1c1ccc(N(C)C)cc1. The van der Waals surface area contributed by atoms with E-state index in [2.05, 4.69) is 19.2 Å². The van der Waals surface area contributed by atoms with Crippen molar-refractivity contribution in [1.29, 1.82) is 0 Å². The molecule has 0 saturated carbocycles. The van der Waals surface area contributed by atoms with Crippen LogP contribution in [0.3, 0.4) is 0 Å². The molecule has 8 nitrogen and oxygen atoms in total. The number of nitrogens with zero attached hydrogens (tertiary/aromatic N) is 2. The molecule has 5 rings (SSSR count). The van der Waals surface area contributed by atoms with Crippen LogP contribution in [0.2, 0.25) is 0 Å². The molecule has 3 atom stereocenters. The highest BCUT2D eigenvalue weighted by Crippen LogP contribution is 2.47. The third kappa shape index (κ3) is 5.88. The van der Waals surface area contributed by atoms with Crippen LogP contribution < -0.4 is 19.7 Å². The quantitative estimate of drug-likeness (QED) is 0.377. The van der Waals surface area contributed by atoms with Crippen molar-refractivity contribution >= 4 is 23.3 Å². The summed E-state index contributed by atoms with van der Waals surface area (Å²) in [4.78, 5) is 30.5. The first-order chi connectivity index (χ1) is 19.8. The molecule has 2 aliphatic rings. The molecular formula is C33H39N3O5. The number of para-hydroxylation sites is 1. The molecule has 1 fully saturated rings. The fourth-order valence-electron chi connectivity index (χ4n) is 6.15. The highest BCUT2D eigenvalue weighted by molar-refractivity contribution is 5.94. The molecule has 1 unspecified atom stereocenters. The molecule has 0 bridgehead atoms. The van der Waals surface area contributed by atoms with Crippen molar-refractivity contribution in [1.82, 2.24) is 4.90 Å². The molecule has 2 N–H and O–H groups in total. The van der Waals surface area contributed by atoms with Crippen molar-refractivity contribution in [3.63, 3.8) is 0 Å². The lowest BCUT2D eigenvalue weighted by molar-refractivity contribution is -0.143. The Bertz CT molecular complexity index is 1380. The van der Waals surface area contributed by atoms with Crippen LogP contribution in [-0.4, -0.2) is 62.3 Å². The molecule has 41 heavy (non-hydrogen) atoms. The summed E-state index contributed by atoms with van der Waals surface area (Å²) in [5.41, 5.74) is 5.81. The van der Waals surface area contributed by atoms with Gasteiger partial charge in [0.05, 0.1) is 12.5 Å². The summed E-state index contributed by atoms with van der Waals surface area (Å²) in [6, 6.07) is 19.2. The minimum atomic E-state index is -0.890. The number of aliphatic carboxylic acids is 1. The number of aryl methyl sites for hydroxylation is 2. The molecule has 0 spiro atoms. The number of carboxylic acids is 1. The molecule has 3 aromatic rings. The van der Waals surface area contributed by atoms with Crippen LogP contribution in [0.15, 0.2) is 60.7 Å². The van der Waals surface area contributed by atoms with Gasteiger partial charge >= 0.3 is 5.97 Å². The third-order valence-corrected chi connectivity index (χ3v) is 8.24. The molecular weight excluding hydrogens is 518 g/mol. The molecule has 1 amide bonds. The van der Waals surface area contributed by atoms with E-state index in [-0.39, 0.29) is 18.4 Å². The largest absolute Gasteiger partial charge is 0.486 e. The predicted molar refractivity (Wildman–Crippen MR) is 160 cm³/mol. The van der Waals surface area contributed by atoms with Crippen molar-refractivity contribution in [2.45, 2.75) is 38.6 Å². The molecule has 2 aliphatic heterocycles. The van der Waals surface area contributed by atoms with Gasteiger partial charge in [-0.2, -0.15) is 0 Å². The van der Waals surface area contributed by atoms with Crippen LogP contribution >= 0.6 is 0 Å². The Balaban J connectivity index is 1.50. The fraction of sp³-hybridized carbons (Fsp3) is 0.394. The smallest absolute Gasteiger partial charge is 0.309 e. The normalized spacial score (nSPS) is 20.0. The van der Waals surface area contributed by atoms with Crippen molar-refractivity contribution in [2.75, 3.05) is 50.6 Å². The zero-order valence-electron chi connectivity index (χ0n) is 24.2. The number of hydrogen-bond donors (Lipinski definition) is 2. The van der Waals surface area contributed by atoms with Gasteiger partial charge in [-0.3, -0.25) is 14.5 Å². The van der Waals surface area contributed by atoms with Gasteiger partial charge < -0.3 is 24.8 Å². The van der Waals surface area contributed by atoms with Gasteiger partial charge in [0.1, 0.15) is 13.2 Å². The summed E-state index contributed by atoms with van der Waals surface area (Å²) in [6.07, 6.45) is 1.61. The number of hydrogen-bond acceptors (Lipinski definition) is 6. The van der Waals surface area contributed by atoms with Crippen LogP contribution in [0.5, 0.6) is 11.5 Å². The average Bonchev–Trinajstić information content (AvgIpc) is 3.36. The summed E-state index contributed by atoms with van der Waals surface area (Å²) in [5, 5.41) is 13.8. The van der Waals surface area contributed by atoms with Crippen molar-refractivity contribution < 1.29 is 24.2 Å². The maximum Gasteiger partial charge on any atom is 0.309 e. The number of benzene rings is 3. The molecule has 8 heteroatoms. The Morgan fingerprint density at radius 3 is 2.17 bits per heavy atom. The van der Waals surface area contributed by atoms with E-state index in [4.69, 9.17) is 9.47 Å². The summed E-state index contributed by atoms with van der Waals surface area (Å²) in [6.45, 7) is 5.59. The van der Waals surface area contributed by atoms with Crippen LogP contribution in [0.4, 0.5) is 11.4 Å². The van der Waals surface area contributed by atoms with Crippen LogP contribution in [-0.2, 0) is 22.4 Å². The zero-order valence-corrected chi connectivity index (χ0v) is 24.2. The molecule has 3 aromatic carbocycles. The number of rotatable bonds is 9. The molecule has 0 aliphatic carbocycles. The Morgan fingerprint density at radius 1 is 0.927 bits per heavy atom. The number of likely N-dealkylation sites (tertiary alicyclic amines) is 1. The van der Waals surface area contributed by atoms with Gasteiger partial charge in [0.2, 0.25) is 5.91 Å². The van der Waals surface area contributed by atoms with Crippen LogP contribution in [0.25, 0.3) is 0 Å². The number of carbonyl (C=O) groups excluding carboxylic acids is 1. The lowest BCUT2D eigenvalue weighted by atomic mass is 9.82. The van der Waals surface area contributed by atoms with E-state index in [0.717, 1.165) is 46.5 Å². The highest BCUT2D eigenvalue weighted by atomic mass is 16.6. The van der Waals surface area contributed by atoms with Gasteiger partial charge in [0.25, 0.3) is 0 Å². The van der Waals surface area contributed by atoms with Crippen molar-refractivity contribution in [3.8, 4) is 11.5 Å². The molecule has 1 saturated heterocycles. The molecule has 0 radical (unpaired) electrons. The first-order valence-corrected chi connectivity index (χ1v) is 14.3. The van der Waals surface area contributed by atoms with E-state index in [9.17, 15) is 14.7 Å². The van der Waals surface area contributed by atoms with Gasteiger partial charge in [-0.05, 0) is 59.4 Å². The first-order valence-electron chi connectivity index (χ1n) is 14.3. The number of carboxylic acid groups (broad SMARTS) is 1. The zero-order chi connectivity index (χ0) is 29.1. The monoisotopic (exact) mass is 557 g/mol. The molecule has 0 aromatic heterocycles. The fourth-order valence-corrected chi connectivity index (χ4v) is 6.15. The Kier molecular flexibility index (Phi) is 8.49. The highest BCUT2D eigenvalue weighted by Gasteiger charge is 2.48. The summed E-state index contributed by atoms with van der Waals surface area (Å²) in [7, 11) is 3.94. The second-order valence-electron chi connectivity index (χ2n) is 10.9. The van der Waals surface area contributed by atoms with E-state index in [1.54, 1.807) is 0 Å². The van der Waals surface area contributed by atoms with E-state index in [1.807, 2.05) is 84.6 Å². The number of amides is 1. The minimum absolute atomic E-state index is 0.0755. The van der Waals surface area contributed by atoms with Crippen molar-refractivity contribution in [3.05, 3.63) is 82.9 Å². The van der Waals surface area contributed by atoms with Crippen molar-refractivity contribution in [2.24, 2.45) is 5.92 Å². The summed E-state index contributed by atoms with van der Waals surface area (Å²) < 4.78 is 11.5. The average molecular weight is 558 g/mol. The lowest BCUT2D eigenvalue weighted by Gasteiger charge is -2.27. The number of ether oxygens (including phenoxy) is 2. The van der Waals surface area contributed by atoms with E-state index in [1.165, 1.54) is 0 Å². The van der Waals surface area contributed by atoms with Crippen LogP contribution in [0, 0.1) is 5.92 Å². The Morgan fingerprint density at radius 2 is 1.56 bits per heavy atom. The number of anilines is 2. The van der Waals surface area contributed by atoms with Gasteiger partial charge in [-0.15, -0.1) is 0 Å². The first kappa shape index (κ1) is 28.5. The molecule has 216 valence electrons. The number of fused-ring (bicyclic) bond motifs is 1. The van der Waals surface area contributed by atoms with E-state index in [0.29, 0.717) is 31.3 Å². The molecule has 2 heterocycles. The maximum absolute atomic E-state index is 13.6. The van der Waals surface area contributed by atoms with E-state index >= 15 is 0 Å². The number of nitrogens with one attached hydrogen (secondary N) is 1. The third-order valence-electron chi connectivity index (χ3n) is 8.24. The van der Waals surface area contributed by atoms with E-state index < -0.39 is 17.9 Å². The van der Waals surface area contributed by atoms with Gasteiger partial charge in [0, 0.05) is 44.0 Å². The summed E-state index contributed by atoms with van der Waals surface area (Å²) >= 11 is 0. The maximum atomic E-state index is 13.6. The number of carbonyl (C=O) groups is 2. The van der Waals surface area contributed by atoms with Crippen LogP contribution in [0.1, 0.15) is 48.1 Å². The predicted octanol–water partition coefficient (Wildman–Crippen LogP) is 5.13. The Labute approximate surface area is 241 Å². The standard InChI is InChI=1S/C33H39N3O5/c1-5-21-8-7-9-22(6-2)31(21)34-29(37)20-36-19-26(24-12-15-27-28(18-24)41-17-16-40-27)30(33(38)39)32(36)23-10-13-25(14-11-23)35(3)4/h7-15,18,26,30,32H,5-6,16-17,19-20H2,1-4H3,(H,34,37)(H,38,39)/t26-,30?,32+/m1/s1. The Hall–Kier alpha value is -4.04. The van der Waals surface area contributed by atoms with Gasteiger partial charge in [-0.1, -0.05) is 50.2 Å². The lowest BCUT2D eigenvalue weighted by Crippen LogP contribution is -2.35. The second-order valence-corrected chi connectivity index (χ2v) is 10.9. The van der Waals surface area contributed by atoms with Gasteiger partial charge in [-0.25, -0.2) is 0 Å².